The van der Waals surface area contributed by atoms with Crippen molar-refractivity contribution in [2.45, 2.75) is 60.2 Å². The highest BCUT2D eigenvalue weighted by Crippen LogP contribution is 2.25. The number of furan rings is 1. The maximum absolute atomic E-state index is 12.8. The Balaban J connectivity index is 1.69. The van der Waals surface area contributed by atoms with E-state index in [1.165, 1.54) is 17.4 Å². The zero-order valence-corrected chi connectivity index (χ0v) is 18.5. The average molecular weight is 413 g/mol. The highest BCUT2D eigenvalue weighted by Gasteiger charge is 2.23. The monoisotopic (exact) mass is 412 g/mol. The molecule has 0 radical (unpaired) electrons. The number of ether oxygens (including phenoxy) is 1. The van der Waals surface area contributed by atoms with Crippen LogP contribution in [0, 0.1) is 20.8 Å². The SMILES string of the molecule is CC[C@H](C)N(Cc1csc(COc2cc(C)cc(C)c2C)n1)C(=O)c1ccco1. The fourth-order valence-electron chi connectivity index (χ4n) is 3.14. The summed E-state index contributed by atoms with van der Waals surface area (Å²) in [4.78, 5) is 19.3. The molecule has 1 atom stereocenters. The summed E-state index contributed by atoms with van der Waals surface area (Å²) in [5.41, 5.74) is 4.43. The molecule has 0 spiro atoms. The quantitative estimate of drug-likeness (QED) is 0.477. The molecular weight excluding hydrogens is 384 g/mol. The highest BCUT2D eigenvalue weighted by molar-refractivity contribution is 7.09. The second kappa shape index (κ2) is 9.27. The minimum absolute atomic E-state index is 0.0897. The minimum atomic E-state index is -0.110. The Kier molecular flexibility index (Phi) is 6.75. The third-order valence-electron chi connectivity index (χ3n) is 5.16. The molecule has 5 nitrogen and oxygen atoms in total. The van der Waals surface area contributed by atoms with Crippen LogP contribution in [0.15, 0.2) is 40.3 Å². The standard InChI is InChI=1S/C23H28N2O3S/c1-6-17(4)25(23(26)20-8-7-9-27-20)12-19-14-29-22(24-19)13-28-21-11-15(2)10-16(3)18(21)5/h7-11,14,17H,6,12-13H2,1-5H3/t17-/m0/s1. The molecule has 0 saturated carbocycles. The summed E-state index contributed by atoms with van der Waals surface area (Å²) in [5.74, 6) is 1.14. The van der Waals surface area contributed by atoms with Crippen LogP contribution in [-0.2, 0) is 13.2 Å². The molecule has 2 aromatic heterocycles. The van der Waals surface area contributed by atoms with Crippen molar-refractivity contribution >= 4 is 17.2 Å². The molecule has 2 heterocycles. The van der Waals surface area contributed by atoms with Crippen LogP contribution in [0.5, 0.6) is 5.75 Å². The van der Waals surface area contributed by atoms with Crippen LogP contribution in [0.2, 0.25) is 0 Å². The molecule has 3 rings (SSSR count). The Morgan fingerprint density at radius 1 is 1.31 bits per heavy atom. The lowest BCUT2D eigenvalue weighted by molar-refractivity contribution is 0.0636. The number of aromatic nitrogens is 1. The first-order chi connectivity index (χ1) is 13.9. The van der Waals surface area contributed by atoms with Gasteiger partial charge in [-0.15, -0.1) is 11.3 Å². The largest absolute Gasteiger partial charge is 0.486 e. The van der Waals surface area contributed by atoms with Crippen LogP contribution in [0.25, 0.3) is 0 Å². The van der Waals surface area contributed by atoms with E-state index >= 15 is 0 Å². The maximum Gasteiger partial charge on any atom is 0.290 e. The predicted molar refractivity (Wildman–Crippen MR) is 115 cm³/mol. The van der Waals surface area contributed by atoms with E-state index in [4.69, 9.17) is 9.15 Å². The molecule has 154 valence electrons. The van der Waals surface area contributed by atoms with Crippen molar-refractivity contribution in [2.24, 2.45) is 0 Å². The van der Waals surface area contributed by atoms with Crippen LogP contribution in [0.4, 0.5) is 0 Å². The van der Waals surface area contributed by atoms with Gasteiger partial charge in [0.05, 0.1) is 18.5 Å². The molecule has 0 fully saturated rings. The normalized spacial score (nSPS) is 12.0. The predicted octanol–water partition coefficient (Wildman–Crippen LogP) is 5.68. The van der Waals surface area contributed by atoms with Gasteiger partial charge >= 0.3 is 0 Å². The number of rotatable bonds is 8. The Labute approximate surface area is 176 Å². The molecular formula is C23H28N2O3S. The molecule has 0 unspecified atom stereocenters. The number of aryl methyl sites for hydroxylation is 2. The molecule has 0 bridgehead atoms. The van der Waals surface area contributed by atoms with E-state index in [1.807, 2.05) is 17.2 Å². The summed E-state index contributed by atoms with van der Waals surface area (Å²) < 4.78 is 11.3. The first-order valence-corrected chi connectivity index (χ1v) is 10.8. The van der Waals surface area contributed by atoms with Gasteiger partial charge in [0.25, 0.3) is 5.91 Å². The van der Waals surface area contributed by atoms with Gasteiger partial charge in [-0.1, -0.05) is 13.0 Å². The van der Waals surface area contributed by atoms with E-state index in [2.05, 4.69) is 44.8 Å². The van der Waals surface area contributed by atoms with Gasteiger partial charge in [-0.2, -0.15) is 0 Å². The lowest BCUT2D eigenvalue weighted by atomic mass is 10.1. The molecule has 1 aromatic carbocycles. The van der Waals surface area contributed by atoms with Gasteiger partial charge < -0.3 is 14.1 Å². The zero-order valence-electron chi connectivity index (χ0n) is 17.7. The van der Waals surface area contributed by atoms with Gasteiger partial charge in [-0.25, -0.2) is 4.98 Å². The van der Waals surface area contributed by atoms with Crippen LogP contribution < -0.4 is 4.74 Å². The molecule has 0 aliphatic heterocycles. The van der Waals surface area contributed by atoms with Gasteiger partial charge in [0.2, 0.25) is 0 Å². The number of thiazole rings is 1. The summed E-state index contributed by atoms with van der Waals surface area (Å²) in [6.07, 6.45) is 2.38. The van der Waals surface area contributed by atoms with E-state index in [9.17, 15) is 4.79 Å². The third-order valence-corrected chi connectivity index (χ3v) is 6.03. The number of hydrogen-bond acceptors (Lipinski definition) is 5. The van der Waals surface area contributed by atoms with Crippen molar-refractivity contribution in [3.63, 3.8) is 0 Å². The number of benzene rings is 1. The summed E-state index contributed by atoms with van der Waals surface area (Å²) in [5, 5.41) is 2.89. The minimum Gasteiger partial charge on any atom is -0.486 e. The second-order valence-electron chi connectivity index (χ2n) is 7.39. The molecule has 3 aromatic rings. The van der Waals surface area contributed by atoms with E-state index < -0.39 is 0 Å². The van der Waals surface area contributed by atoms with Gasteiger partial charge in [0.15, 0.2) is 5.76 Å². The van der Waals surface area contributed by atoms with Gasteiger partial charge in [0.1, 0.15) is 17.4 Å². The van der Waals surface area contributed by atoms with Crippen molar-refractivity contribution in [1.29, 1.82) is 0 Å². The summed E-state index contributed by atoms with van der Waals surface area (Å²) in [6.45, 7) is 11.2. The fraction of sp³-hybridized carbons (Fsp3) is 0.391. The Hall–Kier alpha value is -2.60. The van der Waals surface area contributed by atoms with Crippen molar-refractivity contribution in [1.82, 2.24) is 9.88 Å². The smallest absolute Gasteiger partial charge is 0.290 e. The number of carbonyl (C=O) groups excluding carboxylic acids is 1. The van der Waals surface area contributed by atoms with E-state index in [0.29, 0.717) is 18.9 Å². The number of carbonyl (C=O) groups is 1. The Morgan fingerprint density at radius 3 is 2.79 bits per heavy atom. The lowest BCUT2D eigenvalue weighted by Gasteiger charge is -2.27. The van der Waals surface area contributed by atoms with Gasteiger partial charge in [-0.05, 0) is 69.0 Å². The molecule has 29 heavy (non-hydrogen) atoms. The Morgan fingerprint density at radius 2 is 2.10 bits per heavy atom. The molecule has 0 saturated heterocycles. The van der Waals surface area contributed by atoms with Gasteiger partial charge in [0, 0.05) is 11.4 Å². The van der Waals surface area contributed by atoms with E-state index in [-0.39, 0.29) is 11.9 Å². The molecule has 0 aliphatic carbocycles. The fourth-order valence-corrected chi connectivity index (χ4v) is 3.84. The van der Waals surface area contributed by atoms with Crippen molar-refractivity contribution in [2.75, 3.05) is 0 Å². The summed E-state index contributed by atoms with van der Waals surface area (Å²) >= 11 is 1.56. The summed E-state index contributed by atoms with van der Waals surface area (Å²) in [6, 6.07) is 7.73. The van der Waals surface area contributed by atoms with Gasteiger partial charge in [-0.3, -0.25) is 4.79 Å². The zero-order chi connectivity index (χ0) is 21.0. The molecule has 1 amide bonds. The second-order valence-corrected chi connectivity index (χ2v) is 8.34. The van der Waals surface area contributed by atoms with E-state index in [1.54, 1.807) is 23.5 Å². The van der Waals surface area contributed by atoms with Crippen molar-refractivity contribution < 1.29 is 13.9 Å². The molecule has 6 heteroatoms. The van der Waals surface area contributed by atoms with Crippen molar-refractivity contribution in [3.05, 3.63) is 69.1 Å². The van der Waals surface area contributed by atoms with E-state index in [0.717, 1.165) is 28.4 Å². The number of nitrogens with zero attached hydrogens (tertiary/aromatic N) is 2. The maximum atomic E-state index is 12.8. The number of amides is 1. The van der Waals surface area contributed by atoms with Crippen molar-refractivity contribution in [3.8, 4) is 5.75 Å². The molecule has 0 aliphatic rings. The van der Waals surface area contributed by atoms with Crippen LogP contribution in [0.1, 0.15) is 58.2 Å². The Bertz CT molecular complexity index is 963. The topological polar surface area (TPSA) is 55.6 Å². The summed E-state index contributed by atoms with van der Waals surface area (Å²) in [7, 11) is 0. The lowest BCUT2D eigenvalue weighted by Crippen LogP contribution is -2.37. The average Bonchev–Trinajstić information content (AvgIpc) is 3.38. The first-order valence-electron chi connectivity index (χ1n) is 9.87. The van der Waals surface area contributed by atoms with Crippen LogP contribution in [0.3, 0.4) is 0 Å². The number of hydrogen-bond donors (Lipinski definition) is 0. The van der Waals surface area contributed by atoms with Crippen LogP contribution >= 0.6 is 11.3 Å². The third kappa shape index (κ3) is 5.07. The molecule has 0 N–H and O–H groups in total. The highest BCUT2D eigenvalue weighted by atomic mass is 32.1. The first kappa shape index (κ1) is 21.1. The van der Waals surface area contributed by atoms with Crippen LogP contribution in [-0.4, -0.2) is 21.8 Å².